The van der Waals surface area contributed by atoms with Gasteiger partial charge in [0.25, 0.3) is 0 Å². The Morgan fingerprint density at radius 3 is 2.42 bits per heavy atom. The third kappa shape index (κ3) is 7.32. The number of hydrogen-bond donors (Lipinski definition) is 1. The topological polar surface area (TPSA) is 29.1 Å². The van der Waals surface area contributed by atoms with Crippen molar-refractivity contribution in [1.82, 2.24) is 5.32 Å². The van der Waals surface area contributed by atoms with E-state index in [2.05, 4.69) is 25.7 Å². The first-order valence-corrected chi connectivity index (χ1v) is 4.43. The second kappa shape index (κ2) is 5.81. The van der Waals surface area contributed by atoms with Gasteiger partial charge in [0.05, 0.1) is 0 Å². The lowest BCUT2D eigenvalue weighted by atomic mass is 10.2. The molecule has 70 valence electrons. The summed E-state index contributed by atoms with van der Waals surface area (Å²) in [5.74, 6) is 0.849. The van der Waals surface area contributed by atoms with Crippen LogP contribution in [0.1, 0.15) is 33.6 Å². The van der Waals surface area contributed by atoms with Crippen LogP contribution in [0.5, 0.6) is 0 Å². The molecule has 0 heterocycles. The number of rotatable bonds is 6. The van der Waals surface area contributed by atoms with Crippen LogP contribution in [-0.4, -0.2) is 12.3 Å². The first kappa shape index (κ1) is 11.2. The highest BCUT2D eigenvalue weighted by atomic mass is 16.1. The van der Waals surface area contributed by atoms with E-state index in [1.165, 1.54) is 0 Å². The van der Waals surface area contributed by atoms with Gasteiger partial charge in [0.2, 0.25) is 0 Å². The summed E-state index contributed by atoms with van der Waals surface area (Å²) in [6.07, 6.45) is 1.37. The molecule has 1 N–H and O–H groups in total. The molecular weight excluding hydrogens is 150 g/mol. The number of allylic oxidation sites excluding steroid dienone is 1. The van der Waals surface area contributed by atoms with Crippen LogP contribution < -0.4 is 5.32 Å². The van der Waals surface area contributed by atoms with Crippen LogP contribution in [0.25, 0.3) is 0 Å². The Labute approximate surface area is 75.0 Å². The van der Waals surface area contributed by atoms with Crippen LogP contribution >= 0.6 is 0 Å². The van der Waals surface area contributed by atoms with Crippen molar-refractivity contribution in [2.24, 2.45) is 5.92 Å². The van der Waals surface area contributed by atoms with Gasteiger partial charge in [-0.05, 0) is 19.3 Å². The van der Waals surface area contributed by atoms with Crippen LogP contribution in [0.2, 0.25) is 0 Å². The van der Waals surface area contributed by atoms with Crippen molar-refractivity contribution in [3.8, 4) is 0 Å². The number of hydrogen-bond acceptors (Lipinski definition) is 2. The molecule has 0 aliphatic heterocycles. The Balaban J connectivity index is 3.40. The second-order valence-corrected chi connectivity index (χ2v) is 3.58. The SMILES string of the molecule is C=C(CCC(C)=O)NCC(C)C. The van der Waals surface area contributed by atoms with Crippen molar-refractivity contribution < 1.29 is 4.79 Å². The molecule has 0 fully saturated rings. The van der Waals surface area contributed by atoms with E-state index in [1.54, 1.807) is 6.92 Å². The molecule has 0 rings (SSSR count). The Bertz CT molecular complexity index is 161. The lowest BCUT2D eigenvalue weighted by Gasteiger charge is -2.10. The van der Waals surface area contributed by atoms with Crippen molar-refractivity contribution in [2.45, 2.75) is 33.6 Å². The largest absolute Gasteiger partial charge is 0.389 e. The lowest BCUT2D eigenvalue weighted by molar-refractivity contribution is -0.116. The molecule has 0 amide bonds. The summed E-state index contributed by atoms with van der Waals surface area (Å²) in [4.78, 5) is 10.6. The van der Waals surface area contributed by atoms with E-state index in [0.29, 0.717) is 12.3 Å². The van der Waals surface area contributed by atoms with Gasteiger partial charge < -0.3 is 10.1 Å². The summed E-state index contributed by atoms with van der Waals surface area (Å²) >= 11 is 0. The standard InChI is InChI=1S/C10H19NO/c1-8(2)7-11-9(3)5-6-10(4)12/h8,11H,3,5-7H2,1-2,4H3. The Morgan fingerprint density at radius 1 is 1.42 bits per heavy atom. The van der Waals surface area contributed by atoms with Gasteiger partial charge in [-0.25, -0.2) is 0 Å². The quantitative estimate of drug-likeness (QED) is 0.660. The third-order valence-electron chi connectivity index (χ3n) is 1.54. The summed E-state index contributed by atoms with van der Waals surface area (Å²) in [6, 6.07) is 0. The summed E-state index contributed by atoms with van der Waals surface area (Å²) in [6.45, 7) is 10.7. The van der Waals surface area contributed by atoms with Crippen LogP contribution in [0.15, 0.2) is 12.3 Å². The third-order valence-corrected chi connectivity index (χ3v) is 1.54. The molecule has 0 spiro atoms. The zero-order valence-electron chi connectivity index (χ0n) is 8.31. The molecule has 0 aromatic rings. The molecule has 0 radical (unpaired) electrons. The summed E-state index contributed by atoms with van der Waals surface area (Å²) in [5.41, 5.74) is 0.971. The van der Waals surface area contributed by atoms with E-state index in [9.17, 15) is 4.79 Å². The van der Waals surface area contributed by atoms with E-state index in [-0.39, 0.29) is 5.78 Å². The van der Waals surface area contributed by atoms with Gasteiger partial charge in [0.15, 0.2) is 0 Å². The molecule has 0 aliphatic carbocycles. The monoisotopic (exact) mass is 169 g/mol. The molecule has 0 saturated carbocycles. The average molecular weight is 169 g/mol. The van der Waals surface area contributed by atoms with Crippen molar-refractivity contribution in [3.63, 3.8) is 0 Å². The molecule has 0 aromatic heterocycles. The summed E-state index contributed by atoms with van der Waals surface area (Å²) < 4.78 is 0. The Hall–Kier alpha value is -0.790. The van der Waals surface area contributed by atoms with Crippen molar-refractivity contribution in [3.05, 3.63) is 12.3 Å². The summed E-state index contributed by atoms with van der Waals surface area (Å²) in [7, 11) is 0. The predicted octanol–water partition coefficient (Wildman–Crippen LogP) is 2.11. The average Bonchev–Trinajstić information content (AvgIpc) is 1.96. The minimum absolute atomic E-state index is 0.225. The van der Waals surface area contributed by atoms with Crippen LogP contribution in [0.3, 0.4) is 0 Å². The number of ketones is 1. The van der Waals surface area contributed by atoms with Crippen molar-refractivity contribution in [1.29, 1.82) is 0 Å². The zero-order chi connectivity index (χ0) is 9.56. The molecule has 0 aliphatic rings. The maximum absolute atomic E-state index is 10.6. The highest BCUT2D eigenvalue weighted by molar-refractivity contribution is 5.75. The fourth-order valence-electron chi connectivity index (χ4n) is 0.764. The zero-order valence-corrected chi connectivity index (χ0v) is 8.31. The first-order chi connectivity index (χ1) is 5.52. The molecule has 0 atom stereocenters. The van der Waals surface area contributed by atoms with Crippen LogP contribution in [0, 0.1) is 5.92 Å². The molecule has 0 saturated heterocycles. The lowest BCUT2D eigenvalue weighted by Crippen LogP contribution is -2.18. The predicted molar refractivity (Wildman–Crippen MR) is 51.9 cm³/mol. The van der Waals surface area contributed by atoms with Crippen LogP contribution in [0.4, 0.5) is 0 Å². The van der Waals surface area contributed by atoms with E-state index in [1.807, 2.05) is 0 Å². The van der Waals surface area contributed by atoms with Gasteiger partial charge >= 0.3 is 0 Å². The minimum Gasteiger partial charge on any atom is -0.389 e. The minimum atomic E-state index is 0.225. The van der Waals surface area contributed by atoms with E-state index >= 15 is 0 Å². The Kier molecular flexibility index (Phi) is 5.43. The van der Waals surface area contributed by atoms with Gasteiger partial charge in [-0.1, -0.05) is 20.4 Å². The van der Waals surface area contributed by atoms with E-state index in [4.69, 9.17) is 0 Å². The Morgan fingerprint density at radius 2 is 2.00 bits per heavy atom. The second-order valence-electron chi connectivity index (χ2n) is 3.58. The fourth-order valence-corrected chi connectivity index (χ4v) is 0.764. The number of nitrogens with one attached hydrogen (secondary N) is 1. The smallest absolute Gasteiger partial charge is 0.130 e. The van der Waals surface area contributed by atoms with Crippen molar-refractivity contribution in [2.75, 3.05) is 6.54 Å². The first-order valence-electron chi connectivity index (χ1n) is 4.43. The van der Waals surface area contributed by atoms with Crippen molar-refractivity contribution >= 4 is 5.78 Å². The molecular formula is C10H19NO. The molecule has 2 nitrogen and oxygen atoms in total. The van der Waals surface area contributed by atoms with Gasteiger partial charge in [-0.15, -0.1) is 0 Å². The van der Waals surface area contributed by atoms with Crippen LogP contribution in [-0.2, 0) is 4.79 Å². The number of carbonyl (C=O) groups is 1. The highest BCUT2D eigenvalue weighted by Gasteiger charge is 1.98. The summed E-state index contributed by atoms with van der Waals surface area (Å²) in [5, 5.41) is 3.19. The maximum Gasteiger partial charge on any atom is 0.130 e. The molecule has 12 heavy (non-hydrogen) atoms. The normalized spacial score (nSPS) is 10.0. The number of Topliss-reactive ketones (excluding diaryl/α,β-unsaturated/α-hetero) is 1. The maximum atomic E-state index is 10.6. The van der Waals surface area contributed by atoms with E-state index in [0.717, 1.165) is 18.7 Å². The van der Waals surface area contributed by atoms with E-state index < -0.39 is 0 Å². The fraction of sp³-hybridized carbons (Fsp3) is 0.700. The van der Waals surface area contributed by atoms with Gasteiger partial charge in [0, 0.05) is 18.7 Å². The molecule has 2 heteroatoms. The molecule has 0 aromatic carbocycles. The van der Waals surface area contributed by atoms with Gasteiger partial charge in [-0.2, -0.15) is 0 Å². The molecule has 0 unspecified atom stereocenters. The van der Waals surface area contributed by atoms with Gasteiger partial charge in [0.1, 0.15) is 5.78 Å². The molecule has 0 bridgehead atoms. The van der Waals surface area contributed by atoms with Gasteiger partial charge in [-0.3, -0.25) is 0 Å². The highest BCUT2D eigenvalue weighted by Crippen LogP contribution is 2.00. The number of carbonyl (C=O) groups excluding carboxylic acids is 1.